The lowest BCUT2D eigenvalue weighted by Crippen LogP contribution is -2.20. The molecule has 3 nitrogen and oxygen atoms in total. The van der Waals surface area contributed by atoms with Crippen LogP contribution in [0, 0.1) is 11.3 Å². The maximum atomic E-state index is 12.2. The van der Waals surface area contributed by atoms with Gasteiger partial charge in [0.1, 0.15) is 5.75 Å². The summed E-state index contributed by atoms with van der Waals surface area (Å²) in [5.41, 5.74) is 1.65. The summed E-state index contributed by atoms with van der Waals surface area (Å²) >= 11 is 0. The van der Waals surface area contributed by atoms with Crippen molar-refractivity contribution in [3.63, 3.8) is 0 Å². The van der Waals surface area contributed by atoms with Gasteiger partial charge in [0.15, 0.2) is 6.29 Å². The first-order valence-corrected chi connectivity index (χ1v) is 11.8. The van der Waals surface area contributed by atoms with E-state index in [0.717, 1.165) is 17.1 Å². The summed E-state index contributed by atoms with van der Waals surface area (Å²) < 4.78 is 23.8. The van der Waals surface area contributed by atoms with E-state index in [2.05, 4.69) is 46.8 Å². The van der Waals surface area contributed by atoms with Crippen LogP contribution in [0.3, 0.4) is 0 Å². The number of benzene rings is 2. The lowest BCUT2D eigenvalue weighted by atomic mass is 9.76. The molecule has 0 saturated heterocycles. The maximum Gasteiger partial charge on any atom is 0.197 e. The molecule has 4 heteroatoms. The molecule has 0 aliphatic carbocycles. The Labute approximate surface area is 179 Å². The molecule has 29 heavy (non-hydrogen) atoms. The first-order chi connectivity index (χ1) is 13.7. The van der Waals surface area contributed by atoms with E-state index in [0.29, 0.717) is 29.6 Å². The summed E-state index contributed by atoms with van der Waals surface area (Å²) in [4.78, 5) is 0.829. The molecule has 0 spiro atoms. The van der Waals surface area contributed by atoms with Crippen LogP contribution in [0.5, 0.6) is 5.75 Å². The summed E-state index contributed by atoms with van der Waals surface area (Å²) in [7, 11) is -1.05. The molecule has 2 aromatic carbocycles. The van der Waals surface area contributed by atoms with Gasteiger partial charge in [-0.3, -0.25) is 4.21 Å². The van der Waals surface area contributed by atoms with Gasteiger partial charge in [-0.25, -0.2) is 0 Å². The zero-order valence-corrected chi connectivity index (χ0v) is 19.5. The molecule has 0 aliphatic rings. The van der Waals surface area contributed by atoms with Crippen LogP contribution in [0.15, 0.2) is 59.5 Å². The molecule has 0 saturated carbocycles. The van der Waals surface area contributed by atoms with Gasteiger partial charge < -0.3 is 9.47 Å². The molecule has 0 heterocycles. The van der Waals surface area contributed by atoms with Crippen molar-refractivity contribution < 1.29 is 13.7 Å². The van der Waals surface area contributed by atoms with Crippen molar-refractivity contribution in [3.05, 3.63) is 60.2 Å². The van der Waals surface area contributed by atoms with Gasteiger partial charge in [-0.15, -0.1) is 0 Å². The Kier molecular flexibility index (Phi) is 8.91. The number of hydrogen-bond acceptors (Lipinski definition) is 3. The average Bonchev–Trinajstić information content (AvgIpc) is 2.66. The molecule has 160 valence electrons. The monoisotopic (exact) mass is 416 g/mol. The van der Waals surface area contributed by atoms with E-state index in [1.54, 1.807) is 0 Å². The van der Waals surface area contributed by atoms with E-state index >= 15 is 0 Å². The largest absolute Gasteiger partial charge is 0.465 e. The molecular formula is C25H36O3S. The van der Waals surface area contributed by atoms with Gasteiger partial charge in [-0.05, 0) is 60.4 Å². The van der Waals surface area contributed by atoms with Crippen LogP contribution in [0.25, 0.3) is 0 Å². The Hall–Kier alpha value is -1.65. The van der Waals surface area contributed by atoms with Gasteiger partial charge >= 0.3 is 0 Å². The third kappa shape index (κ3) is 8.31. The number of rotatable bonds is 10. The van der Waals surface area contributed by atoms with Crippen molar-refractivity contribution >= 4 is 10.8 Å². The lowest BCUT2D eigenvalue weighted by molar-refractivity contribution is -0.0603. The molecule has 3 unspecified atom stereocenters. The molecule has 3 atom stereocenters. The highest BCUT2D eigenvalue weighted by Gasteiger charge is 2.23. The standard InChI is InChI=1S/C25H36O3S/c1-19(2)24(18-25(4,5)6)21-12-14-22(15-13-21)28-20(3)27-16-17-29(26)23-10-8-7-9-11-23/h7-15,19-20,24H,16-18H2,1-6H3. The van der Waals surface area contributed by atoms with E-state index < -0.39 is 10.8 Å². The van der Waals surface area contributed by atoms with Crippen molar-refractivity contribution in [1.82, 2.24) is 0 Å². The van der Waals surface area contributed by atoms with Crippen LogP contribution in [0.1, 0.15) is 59.4 Å². The second-order valence-electron chi connectivity index (χ2n) is 9.10. The molecule has 0 N–H and O–H groups in total. The Morgan fingerprint density at radius 1 is 0.931 bits per heavy atom. The highest BCUT2D eigenvalue weighted by molar-refractivity contribution is 7.85. The van der Waals surface area contributed by atoms with Crippen molar-refractivity contribution in [1.29, 1.82) is 0 Å². The van der Waals surface area contributed by atoms with Gasteiger partial charge in [0.25, 0.3) is 0 Å². The smallest absolute Gasteiger partial charge is 0.197 e. The molecule has 0 bridgehead atoms. The fourth-order valence-electron chi connectivity index (χ4n) is 3.40. The molecule has 0 fully saturated rings. The van der Waals surface area contributed by atoms with Gasteiger partial charge in [0.2, 0.25) is 0 Å². The SMILES string of the molecule is CC(OCCS(=O)c1ccccc1)Oc1ccc(C(CC(C)(C)C)C(C)C)cc1. The fourth-order valence-corrected chi connectivity index (χ4v) is 4.34. The maximum absolute atomic E-state index is 12.2. The summed E-state index contributed by atoms with van der Waals surface area (Å²) in [5.74, 6) is 2.38. The zero-order valence-electron chi connectivity index (χ0n) is 18.7. The number of ether oxygens (including phenoxy) is 2. The Morgan fingerprint density at radius 3 is 2.10 bits per heavy atom. The predicted molar refractivity (Wildman–Crippen MR) is 122 cm³/mol. The van der Waals surface area contributed by atoms with Crippen LogP contribution < -0.4 is 4.74 Å². The minimum Gasteiger partial charge on any atom is -0.465 e. The quantitative estimate of drug-likeness (QED) is 0.420. The Morgan fingerprint density at radius 2 is 1.55 bits per heavy atom. The van der Waals surface area contributed by atoms with Crippen molar-refractivity contribution in [2.75, 3.05) is 12.4 Å². The minimum absolute atomic E-state index is 0.298. The molecule has 0 amide bonds. The normalized spacial score (nSPS) is 15.1. The van der Waals surface area contributed by atoms with Gasteiger partial charge in [0.05, 0.1) is 23.2 Å². The van der Waals surface area contributed by atoms with E-state index in [4.69, 9.17) is 9.47 Å². The molecule has 2 aromatic rings. The molecule has 2 rings (SSSR count). The van der Waals surface area contributed by atoms with E-state index in [1.807, 2.05) is 49.4 Å². The summed E-state index contributed by atoms with van der Waals surface area (Å²) in [6, 6.07) is 17.9. The van der Waals surface area contributed by atoms with Crippen LogP contribution in [-0.2, 0) is 15.5 Å². The first-order valence-electron chi connectivity index (χ1n) is 10.5. The molecular weight excluding hydrogens is 380 g/mol. The summed E-state index contributed by atoms with van der Waals surface area (Å²) in [6.07, 6.45) is 0.771. The van der Waals surface area contributed by atoms with E-state index in [1.165, 1.54) is 5.56 Å². The zero-order chi connectivity index (χ0) is 21.4. The summed E-state index contributed by atoms with van der Waals surface area (Å²) in [5, 5.41) is 0. The van der Waals surface area contributed by atoms with Crippen molar-refractivity contribution in [2.24, 2.45) is 11.3 Å². The predicted octanol–water partition coefficient (Wildman–Crippen LogP) is 6.41. The van der Waals surface area contributed by atoms with E-state index in [-0.39, 0.29) is 6.29 Å². The molecule has 0 aromatic heterocycles. The summed E-state index contributed by atoms with van der Waals surface area (Å²) in [6.45, 7) is 13.7. The Balaban J connectivity index is 1.84. The van der Waals surface area contributed by atoms with Crippen LogP contribution in [0.2, 0.25) is 0 Å². The van der Waals surface area contributed by atoms with Crippen molar-refractivity contribution in [3.8, 4) is 5.75 Å². The average molecular weight is 417 g/mol. The van der Waals surface area contributed by atoms with Crippen LogP contribution >= 0.6 is 0 Å². The first kappa shape index (κ1) is 23.6. The van der Waals surface area contributed by atoms with Gasteiger partial charge in [-0.2, -0.15) is 0 Å². The van der Waals surface area contributed by atoms with Crippen LogP contribution in [0.4, 0.5) is 0 Å². The minimum atomic E-state index is -1.05. The Bertz CT molecular complexity index is 748. The van der Waals surface area contributed by atoms with E-state index in [9.17, 15) is 4.21 Å². The molecule has 0 aliphatic heterocycles. The van der Waals surface area contributed by atoms with Gasteiger partial charge in [-0.1, -0.05) is 65.0 Å². The molecule has 0 radical (unpaired) electrons. The van der Waals surface area contributed by atoms with Gasteiger partial charge in [0, 0.05) is 4.90 Å². The third-order valence-electron chi connectivity index (χ3n) is 4.87. The highest BCUT2D eigenvalue weighted by Crippen LogP contribution is 2.36. The highest BCUT2D eigenvalue weighted by atomic mass is 32.2. The second kappa shape index (κ2) is 10.9. The fraction of sp³-hybridized carbons (Fsp3) is 0.520. The van der Waals surface area contributed by atoms with Crippen molar-refractivity contribution in [2.45, 2.75) is 65.1 Å². The number of hydrogen-bond donors (Lipinski definition) is 0. The third-order valence-corrected chi connectivity index (χ3v) is 6.21. The topological polar surface area (TPSA) is 35.5 Å². The van der Waals surface area contributed by atoms with Crippen LogP contribution in [-0.4, -0.2) is 22.9 Å². The lowest BCUT2D eigenvalue weighted by Gasteiger charge is -2.29. The second-order valence-corrected chi connectivity index (χ2v) is 10.7.